The normalized spacial score (nSPS) is 18.2. The molecule has 0 bridgehead atoms. The lowest BCUT2D eigenvalue weighted by atomic mass is 10.00. The van der Waals surface area contributed by atoms with Crippen LogP contribution in [0, 0.1) is 0 Å². The Morgan fingerprint density at radius 1 is 1.42 bits per heavy atom. The van der Waals surface area contributed by atoms with Gasteiger partial charge in [0, 0.05) is 45.5 Å². The molecule has 2 rings (SSSR count). The molecule has 0 aromatic carbocycles. The number of aromatic nitrogens is 1. The van der Waals surface area contributed by atoms with Crippen molar-refractivity contribution >= 4 is 11.7 Å². The minimum absolute atomic E-state index is 0.0152. The Morgan fingerprint density at radius 3 is 2.68 bits per heavy atom. The number of piperazine rings is 1. The van der Waals surface area contributed by atoms with Gasteiger partial charge in [-0.05, 0) is 26.0 Å². The molecule has 1 fully saturated rings. The zero-order valence-corrected chi connectivity index (χ0v) is 12.1. The highest BCUT2D eigenvalue weighted by molar-refractivity contribution is 5.93. The van der Waals surface area contributed by atoms with Crippen molar-refractivity contribution in [2.75, 3.05) is 38.6 Å². The van der Waals surface area contributed by atoms with Gasteiger partial charge in [0.15, 0.2) is 0 Å². The van der Waals surface area contributed by atoms with Gasteiger partial charge in [0.2, 0.25) is 0 Å². The lowest BCUT2D eigenvalue weighted by molar-refractivity contribution is 0.0827. The van der Waals surface area contributed by atoms with Crippen LogP contribution in [0.4, 0.5) is 5.82 Å². The maximum atomic E-state index is 11.8. The molecule has 1 saturated heterocycles. The molecule has 1 aromatic rings. The molecule has 1 aliphatic rings. The van der Waals surface area contributed by atoms with E-state index in [0.29, 0.717) is 5.56 Å². The third-order valence-corrected chi connectivity index (χ3v) is 3.48. The van der Waals surface area contributed by atoms with Gasteiger partial charge < -0.3 is 15.1 Å². The first kappa shape index (κ1) is 13.8. The summed E-state index contributed by atoms with van der Waals surface area (Å²) in [6.45, 7) is 7.22. The average Bonchev–Trinajstić information content (AvgIpc) is 2.37. The number of nitrogens with one attached hydrogen (secondary N) is 1. The second-order valence-electron chi connectivity index (χ2n) is 5.75. The number of nitrogens with zero attached hydrogens (tertiary/aromatic N) is 3. The average molecular weight is 262 g/mol. The van der Waals surface area contributed by atoms with Crippen molar-refractivity contribution in [2.45, 2.75) is 19.4 Å². The number of anilines is 1. The molecule has 0 atom stereocenters. The van der Waals surface area contributed by atoms with Crippen LogP contribution >= 0.6 is 0 Å². The minimum Gasteiger partial charge on any atom is -0.349 e. The highest BCUT2D eigenvalue weighted by Gasteiger charge is 2.30. The first-order valence-corrected chi connectivity index (χ1v) is 6.58. The van der Waals surface area contributed by atoms with Crippen molar-refractivity contribution in [2.24, 2.45) is 0 Å². The summed E-state index contributed by atoms with van der Waals surface area (Å²) in [5.41, 5.74) is 0.667. The lowest BCUT2D eigenvalue weighted by Gasteiger charge is -2.43. The largest absolute Gasteiger partial charge is 0.349 e. The fourth-order valence-corrected chi connectivity index (χ4v) is 2.34. The van der Waals surface area contributed by atoms with E-state index in [0.717, 1.165) is 25.5 Å². The molecular weight excluding hydrogens is 240 g/mol. The van der Waals surface area contributed by atoms with Crippen molar-refractivity contribution in [3.63, 3.8) is 0 Å². The molecule has 1 amide bonds. The fraction of sp³-hybridized carbons (Fsp3) is 0.571. The molecule has 0 radical (unpaired) electrons. The van der Waals surface area contributed by atoms with Crippen LogP contribution in [0.2, 0.25) is 0 Å². The summed E-state index contributed by atoms with van der Waals surface area (Å²) in [5.74, 6) is 0.917. The fourth-order valence-electron chi connectivity index (χ4n) is 2.34. The number of amides is 1. The molecule has 0 spiro atoms. The van der Waals surface area contributed by atoms with E-state index in [-0.39, 0.29) is 11.4 Å². The van der Waals surface area contributed by atoms with E-state index >= 15 is 0 Å². The number of rotatable bonds is 2. The van der Waals surface area contributed by atoms with E-state index in [4.69, 9.17) is 0 Å². The van der Waals surface area contributed by atoms with Crippen LogP contribution in [-0.4, -0.2) is 55.1 Å². The number of carbonyl (C=O) groups is 1. The predicted octanol–water partition coefficient (Wildman–Crippen LogP) is 0.972. The van der Waals surface area contributed by atoms with Crippen LogP contribution < -0.4 is 10.2 Å². The summed E-state index contributed by atoms with van der Waals surface area (Å²) in [7, 11) is 3.49. The Balaban J connectivity index is 2.20. The quantitative estimate of drug-likeness (QED) is 0.863. The number of pyridine rings is 1. The van der Waals surface area contributed by atoms with Crippen molar-refractivity contribution in [3.8, 4) is 0 Å². The number of hydrogen-bond donors (Lipinski definition) is 1. The molecule has 1 aromatic heterocycles. The van der Waals surface area contributed by atoms with Crippen molar-refractivity contribution in [3.05, 3.63) is 23.9 Å². The van der Waals surface area contributed by atoms with Gasteiger partial charge >= 0.3 is 0 Å². The van der Waals surface area contributed by atoms with E-state index in [2.05, 4.69) is 29.0 Å². The van der Waals surface area contributed by atoms with Crippen LogP contribution in [-0.2, 0) is 0 Å². The van der Waals surface area contributed by atoms with Gasteiger partial charge in [-0.1, -0.05) is 0 Å². The maximum Gasteiger partial charge on any atom is 0.254 e. The molecule has 0 aliphatic carbocycles. The van der Waals surface area contributed by atoms with E-state index in [1.807, 2.05) is 12.1 Å². The summed E-state index contributed by atoms with van der Waals surface area (Å²) in [6.07, 6.45) is 1.66. The Hall–Kier alpha value is -1.62. The highest BCUT2D eigenvalue weighted by Crippen LogP contribution is 2.23. The third-order valence-electron chi connectivity index (χ3n) is 3.48. The Kier molecular flexibility index (Phi) is 3.75. The third kappa shape index (κ3) is 2.87. The molecule has 0 saturated carbocycles. The second kappa shape index (κ2) is 5.17. The molecular formula is C14H22N4O. The van der Waals surface area contributed by atoms with E-state index in [9.17, 15) is 4.79 Å². The number of carbonyl (C=O) groups excluding carboxylic acids is 1. The van der Waals surface area contributed by atoms with Crippen LogP contribution in [0.3, 0.4) is 0 Å². The molecule has 5 heteroatoms. The summed E-state index contributed by atoms with van der Waals surface area (Å²) < 4.78 is 0. The molecule has 104 valence electrons. The standard InChI is InChI=1S/C14H22N4O/c1-14(2)10-15-7-8-18(14)12-6-5-11(9-16-12)13(19)17(3)4/h5-6,9,15H,7-8,10H2,1-4H3. The van der Waals surface area contributed by atoms with Gasteiger partial charge in [-0.25, -0.2) is 4.98 Å². The molecule has 0 unspecified atom stereocenters. The first-order chi connectivity index (χ1) is 8.92. The summed E-state index contributed by atoms with van der Waals surface area (Å²) in [4.78, 5) is 20.1. The molecule has 1 aliphatic heterocycles. The van der Waals surface area contributed by atoms with Crippen LogP contribution in [0.5, 0.6) is 0 Å². The molecule has 19 heavy (non-hydrogen) atoms. The lowest BCUT2D eigenvalue weighted by Crippen LogP contribution is -2.58. The van der Waals surface area contributed by atoms with Gasteiger partial charge in [0.05, 0.1) is 5.56 Å². The van der Waals surface area contributed by atoms with Gasteiger partial charge in [-0.2, -0.15) is 0 Å². The van der Waals surface area contributed by atoms with Crippen LogP contribution in [0.25, 0.3) is 0 Å². The SMILES string of the molecule is CN(C)C(=O)c1ccc(N2CCNCC2(C)C)nc1. The van der Waals surface area contributed by atoms with Gasteiger partial charge in [-0.15, -0.1) is 0 Å². The minimum atomic E-state index is -0.0152. The van der Waals surface area contributed by atoms with Gasteiger partial charge in [0.1, 0.15) is 5.82 Å². The summed E-state index contributed by atoms with van der Waals surface area (Å²) in [6, 6.07) is 3.78. The van der Waals surface area contributed by atoms with E-state index < -0.39 is 0 Å². The number of hydrogen-bond acceptors (Lipinski definition) is 4. The topological polar surface area (TPSA) is 48.5 Å². The second-order valence-corrected chi connectivity index (χ2v) is 5.75. The van der Waals surface area contributed by atoms with Crippen molar-refractivity contribution < 1.29 is 4.79 Å². The highest BCUT2D eigenvalue weighted by atomic mass is 16.2. The molecule has 2 heterocycles. The Labute approximate surface area is 114 Å². The van der Waals surface area contributed by atoms with Crippen molar-refractivity contribution in [1.29, 1.82) is 0 Å². The Morgan fingerprint density at radius 2 is 2.16 bits per heavy atom. The monoisotopic (exact) mass is 262 g/mol. The first-order valence-electron chi connectivity index (χ1n) is 6.58. The van der Waals surface area contributed by atoms with E-state index in [1.165, 1.54) is 0 Å². The van der Waals surface area contributed by atoms with Crippen molar-refractivity contribution in [1.82, 2.24) is 15.2 Å². The smallest absolute Gasteiger partial charge is 0.254 e. The van der Waals surface area contributed by atoms with Crippen LogP contribution in [0.15, 0.2) is 18.3 Å². The molecule has 5 nitrogen and oxygen atoms in total. The predicted molar refractivity (Wildman–Crippen MR) is 76.5 cm³/mol. The maximum absolute atomic E-state index is 11.8. The van der Waals surface area contributed by atoms with Crippen LogP contribution in [0.1, 0.15) is 24.2 Å². The zero-order valence-electron chi connectivity index (χ0n) is 12.1. The summed E-state index contributed by atoms with van der Waals surface area (Å²) in [5, 5.41) is 3.39. The summed E-state index contributed by atoms with van der Waals surface area (Å²) >= 11 is 0. The van der Waals surface area contributed by atoms with Gasteiger partial charge in [-0.3, -0.25) is 4.79 Å². The van der Waals surface area contributed by atoms with E-state index in [1.54, 1.807) is 25.2 Å². The molecule has 1 N–H and O–H groups in total. The van der Waals surface area contributed by atoms with Gasteiger partial charge in [0.25, 0.3) is 5.91 Å². The zero-order chi connectivity index (χ0) is 14.0. The Bertz CT molecular complexity index is 453.